The molecule has 3 heteroatoms. The molecule has 0 amide bonds. The number of hydrogen-bond donors (Lipinski definition) is 0. The smallest absolute Gasteiger partial charge is 0.344 e. The van der Waals surface area contributed by atoms with E-state index < -0.39 is 0 Å². The van der Waals surface area contributed by atoms with Gasteiger partial charge in [-0.2, -0.15) is 0 Å². The van der Waals surface area contributed by atoms with Crippen molar-refractivity contribution < 1.29 is 14.5 Å². The zero-order valence-electron chi connectivity index (χ0n) is 15.2. The van der Waals surface area contributed by atoms with Gasteiger partial charge in [0.05, 0.1) is 16.7 Å². The molecule has 0 unspecified atom stereocenters. The Morgan fingerprint density at radius 2 is 1.63 bits per heavy atom. The number of carbonyl (C=O) groups excluding carboxylic acids is 1. The summed E-state index contributed by atoms with van der Waals surface area (Å²) >= 11 is 0. The van der Waals surface area contributed by atoms with Crippen LogP contribution < -0.4 is 4.98 Å². The number of aryl methyl sites for hydroxylation is 2. The first-order valence-electron chi connectivity index (χ1n) is 9.00. The summed E-state index contributed by atoms with van der Waals surface area (Å²) in [5.74, 6) is 0.307. The van der Waals surface area contributed by atoms with Crippen LogP contribution in [0.2, 0.25) is 0 Å². The van der Waals surface area contributed by atoms with Gasteiger partial charge >= 0.3 is 5.97 Å². The molecule has 0 fully saturated rings. The number of hydrogen-bond acceptors (Lipinski definition) is 2. The summed E-state index contributed by atoms with van der Waals surface area (Å²) in [5, 5.41) is 0. The van der Waals surface area contributed by atoms with Crippen LogP contribution in [0.3, 0.4) is 0 Å². The molecule has 1 aliphatic carbocycles. The number of rotatable bonds is 1. The number of aromatic nitrogens is 1. The van der Waals surface area contributed by atoms with Crippen LogP contribution >= 0.6 is 0 Å². The van der Waals surface area contributed by atoms with Gasteiger partial charge in [-0.25, -0.2) is 9.78 Å². The molecule has 3 aromatic rings. The van der Waals surface area contributed by atoms with Gasteiger partial charge in [0.25, 0.3) is 0 Å². The second kappa shape index (κ2) is 5.78. The van der Waals surface area contributed by atoms with Crippen molar-refractivity contribution in [2.75, 3.05) is 0 Å². The summed E-state index contributed by atoms with van der Waals surface area (Å²) in [4.78, 5) is 16.1. The Balaban J connectivity index is 1.73. The van der Waals surface area contributed by atoms with Crippen molar-refractivity contribution in [1.29, 1.82) is 0 Å². The van der Waals surface area contributed by atoms with Crippen LogP contribution in [0.15, 0.2) is 72.4 Å². The molecule has 0 radical (unpaired) electrons. The lowest BCUT2D eigenvalue weighted by Crippen LogP contribution is -2.05. The first-order valence-corrected chi connectivity index (χ1v) is 9.00. The molecule has 5 rings (SSSR count). The molecule has 0 bridgehead atoms. The maximum atomic E-state index is 12.8. The number of cyclic esters (lactones) is 1. The van der Waals surface area contributed by atoms with Crippen molar-refractivity contribution in [2.45, 2.75) is 13.8 Å². The van der Waals surface area contributed by atoms with Crippen molar-refractivity contribution in [1.82, 2.24) is 0 Å². The number of benzene rings is 2. The molecule has 2 aliphatic rings. The lowest BCUT2D eigenvalue weighted by atomic mass is 9.98. The van der Waals surface area contributed by atoms with Crippen LogP contribution in [0.25, 0.3) is 22.6 Å². The molecule has 0 atom stereocenters. The summed E-state index contributed by atoms with van der Waals surface area (Å²) < 4.78 is 5.65. The van der Waals surface area contributed by atoms with E-state index in [9.17, 15) is 4.79 Å². The Hall–Kier alpha value is -3.46. The van der Waals surface area contributed by atoms with E-state index >= 15 is 0 Å². The van der Waals surface area contributed by atoms with Crippen molar-refractivity contribution >= 4 is 17.3 Å². The zero-order valence-corrected chi connectivity index (χ0v) is 15.2. The predicted octanol–water partition coefficient (Wildman–Crippen LogP) is 4.50. The zero-order chi connectivity index (χ0) is 18.5. The number of fused-ring (bicyclic) bond motifs is 3. The molecule has 1 N–H and O–H groups in total. The second-order valence-corrected chi connectivity index (χ2v) is 6.99. The topological polar surface area (TPSA) is 40.4 Å². The van der Waals surface area contributed by atoms with Gasteiger partial charge in [0, 0.05) is 17.2 Å². The van der Waals surface area contributed by atoms with Crippen molar-refractivity contribution in [3.05, 3.63) is 100 Å². The minimum atomic E-state index is -0.301. The maximum Gasteiger partial charge on any atom is 0.344 e. The molecule has 0 saturated heterocycles. The summed E-state index contributed by atoms with van der Waals surface area (Å²) in [7, 11) is 0. The molecular formula is C24H18NO2+. The van der Waals surface area contributed by atoms with Crippen molar-refractivity contribution in [3.63, 3.8) is 0 Å². The van der Waals surface area contributed by atoms with Gasteiger partial charge in [-0.15, -0.1) is 0 Å². The first kappa shape index (κ1) is 15.8. The molecule has 2 heterocycles. The minimum absolute atomic E-state index is 0.301. The fourth-order valence-electron chi connectivity index (χ4n) is 3.81. The normalized spacial score (nSPS) is 17.4. The van der Waals surface area contributed by atoms with E-state index in [2.05, 4.69) is 43.1 Å². The maximum absolute atomic E-state index is 12.8. The van der Waals surface area contributed by atoms with Gasteiger partial charge in [-0.3, -0.25) is 0 Å². The standard InChI is InChI=1S/C24H17NO2/c1-14-9-10-16(12-15(14)2)21-13-20(24(26)27-21)22-17-6-3-4-7-18(17)23-19(22)8-5-11-25-23/h3-13H,1-2H3/p+1. The Bertz CT molecular complexity index is 1140. The number of pyridine rings is 1. The van der Waals surface area contributed by atoms with Crippen LogP contribution in [0.1, 0.15) is 27.8 Å². The molecule has 27 heavy (non-hydrogen) atoms. The largest absolute Gasteiger partial charge is 0.422 e. The van der Waals surface area contributed by atoms with Gasteiger partial charge in [0.2, 0.25) is 5.69 Å². The molecule has 1 aliphatic heterocycles. The number of esters is 1. The van der Waals surface area contributed by atoms with E-state index in [0.717, 1.165) is 33.5 Å². The second-order valence-electron chi connectivity index (χ2n) is 6.99. The molecule has 3 nitrogen and oxygen atoms in total. The summed E-state index contributed by atoms with van der Waals surface area (Å²) in [6, 6.07) is 18.3. The Morgan fingerprint density at radius 1 is 0.852 bits per heavy atom. The molecule has 0 saturated carbocycles. The molecule has 0 spiro atoms. The van der Waals surface area contributed by atoms with Crippen LogP contribution in [0.4, 0.5) is 0 Å². The summed E-state index contributed by atoms with van der Waals surface area (Å²) in [6.07, 6.45) is 3.78. The van der Waals surface area contributed by atoms with Crippen LogP contribution in [-0.4, -0.2) is 5.97 Å². The van der Waals surface area contributed by atoms with Gasteiger partial charge in [-0.1, -0.05) is 30.3 Å². The molecule has 1 aromatic heterocycles. The quantitative estimate of drug-likeness (QED) is 0.374. The van der Waals surface area contributed by atoms with Crippen molar-refractivity contribution in [3.8, 4) is 11.3 Å². The number of nitrogens with one attached hydrogen (secondary N) is 1. The number of ether oxygens (including phenoxy) is 1. The van der Waals surface area contributed by atoms with E-state index in [0.29, 0.717) is 11.3 Å². The Morgan fingerprint density at radius 3 is 2.44 bits per heavy atom. The fourth-order valence-corrected chi connectivity index (χ4v) is 3.81. The fraction of sp³-hybridized carbons (Fsp3) is 0.0833. The number of H-pyrrole nitrogens is 1. The van der Waals surface area contributed by atoms with Gasteiger partial charge in [-0.05, 0) is 54.8 Å². The highest BCUT2D eigenvalue weighted by Gasteiger charge is 2.35. The van der Waals surface area contributed by atoms with E-state index in [1.54, 1.807) is 0 Å². The Kier molecular flexibility index (Phi) is 3.37. The van der Waals surface area contributed by atoms with Gasteiger partial charge < -0.3 is 4.74 Å². The average molecular weight is 352 g/mol. The Labute approximate surface area is 157 Å². The van der Waals surface area contributed by atoms with Crippen LogP contribution in [0.5, 0.6) is 0 Å². The third-order valence-corrected chi connectivity index (χ3v) is 5.35. The highest BCUT2D eigenvalue weighted by atomic mass is 16.5. The van der Waals surface area contributed by atoms with E-state index in [1.807, 2.05) is 42.6 Å². The average Bonchev–Trinajstić information content (AvgIpc) is 3.22. The minimum Gasteiger partial charge on any atom is -0.422 e. The predicted molar refractivity (Wildman–Crippen MR) is 104 cm³/mol. The molecule has 130 valence electrons. The van der Waals surface area contributed by atoms with Crippen LogP contribution in [-0.2, 0) is 9.53 Å². The van der Waals surface area contributed by atoms with E-state index in [4.69, 9.17) is 4.74 Å². The van der Waals surface area contributed by atoms with E-state index in [1.165, 1.54) is 11.1 Å². The van der Waals surface area contributed by atoms with Crippen molar-refractivity contribution in [2.24, 2.45) is 0 Å². The SMILES string of the molecule is Cc1ccc(C2=CC(=C3c4ccccc4-c4[nH+]cccc43)C(=O)O2)cc1C. The number of aromatic amines is 1. The monoisotopic (exact) mass is 352 g/mol. The lowest BCUT2D eigenvalue weighted by Gasteiger charge is -2.05. The van der Waals surface area contributed by atoms with Crippen LogP contribution in [0, 0.1) is 13.8 Å². The third-order valence-electron chi connectivity index (χ3n) is 5.35. The molecule has 2 aromatic carbocycles. The lowest BCUT2D eigenvalue weighted by molar-refractivity contribution is -0.364. The number of carbonyl (C=O) groups is 1. The van der Waals surface area contributed by atoms with Gasteiger partial charge in [0.1, 0.15) is 5.76 Å². The highest BCUT2D eigenvalue weighted by molar-refractivity contribution is 6.14. The third kappa shape index (κ3) is 2.36. The van der Waals surface area contributed by atoms with Gasteiger partial charge in [0.15, 0.2) is 6.20 Å². The highest BCUT2D eigenvalue weighted by Crippen LogP contribution is 2.45. The first-order chi connectivity index (χ1) is 13.1. The molecular weight excluding hydrogens is 334 g/mol. The summed E-state index contributed by atoms with van der Waals surface area (Å²) in [6.45, 7) is 4.14. The summed E-state index contributed by atoms with van der Waals surface area (Å²) in [5.41, 5.74) is 9.09. The van der Waals surface area contributed by atoms with E-state index in [-0.39, 0.29) is 5.97 Å².